The molecule has 23 heavy (non-hydrogen) atoms. The van der Waals surface area contributed by atoms with E-state index in [4.69, 9.17) is 4.74 Å². The second-order valence-electron chi connectivity index (χ2n) is 5.22. The van der Waals surface area contributed by atoms with Crippen LogP contribution >= 0.6 is 0 Å². The largest absolute Gasteiger partial charge is 0.502 e. The van der Waals surface area contributed by atoms with Crippen LogP contribution in [0.4, 0.5) is 0 Å². The molecule has 0 bridgehead atoms. The molecule has 0 atom stereocenters. The summed E-state index contributed by atoms with van der Waals surface area (Å²) in [5.41, 5.74) is 0.440. The monoisotopic (exact) mass is 316 g/mol. The maximum atomic E-state index is 12.0. The Balaban J connectivity index is 1.81. The van der Waals surface area contributed by atoms with E-state index >= 15 is 0 Å². The van der Waals surface area contributed by atoms with Crippen molar-refractivity contribution in [2.75, 3.05) is 13.2 Å². The molecule has 6 heteroatoms. The first-order valence-electron chi connectivity index (χ1n) is 7.36. The van der Waals surface area contributed by atoms with Gasteiger partial charge in [-0.05, 0) is 31.0 Å². The summed E-state index contributed by atoms with van der Waals surface area (Å²) in [7, 11) is 1.51. The molecular formula is C17H20N2O4. The third kappa shape index (κ3) is 4.12. The lowest BCUT2D eigenvalue weighted by Gasteiger charge is -2.10. The lowest BCUT2D eigenvalue weighted by Crippen LogP contribution is -2.28. The van der Waals surface area contributed by atoms with Crippen molar-refractivity contribution in [3.05, 3.63) is 58.0 Å². The number of hydrogen-bond donors (Lipinski definition) is 2. The zero-order valence-electron chi connectivity index (χ0n) is 13.2. The molecule has 2 aromatic rings. The fourth-order valence-corrected chi connectivity index (χ4v) is 2.07. The normalized spacial score (nSPS) is 10.3. The second kappa shape index (κ2) is 7.49. The molecule has 0 saturated carbocycles. The van der Waals surface area contributed by atoms with E-state index < -0.39 is 17.2 Å². The number of hydrogen-bond acceptors (Lipinski definition) is 4. The minimum Gasteiger partial charge on any atom is -0.502 e. The van der Waals surface area contributed by atoms with Crippen LogP contribution in [0.1, 0.15) is 22.3 Å². The van der Waals surface area contributed by atoms with Crippen molar-refractivity contribution < 1.29 is 14.6 Å². The highest BCUT2D eigenvalue weighted by Crippen LogP contribution is 2.16. The van der Waals surface area contributed by atoms with Gasteiger partial charge in [0.25, 0.3) is 11.5 Å². The summed E-state index contributed by atoms with van der Waals surface area (Å²) in [6.45, 7) is 2.82. The van der Waals surface area contributed by atoms with Crippen LogP contribution in [0.5, 0.6) is 11.5 Å². The number of para-hydroxylation sites is 1. The summed E-state index contributed by atoms with van der Waals surface area (Å²) >= 11 is 0. The SMILES string of the molecule is Cc1ccccc1OCCCNC(=O)c1ccn(C)c(=O)c1O. The zero-order valence-corrected chi connectivity index (χ0v) is 13.2. The number of aromatic hydroxyl groups is 1. The van der Waals surface area contributed by atoms with Crippen LogP contribution in [-0.4, -0.2) is 28.7 Å². The predicted octanol–water partition coefficient (Wildman–Crippen LogP) is 1.60. The molecule has 1 amide bonds. The summed E-state index contributed by atoms with van der Waals surface area (Å²) in [6.07, 6.45) is 2.06. The van der Waals surface area contributed by atoms with Crippen LogP contribution in [0.2, 0.25) is 0 Å². The fourth-order valence-electron chi connectivity index (χ4n) is 2.07. The molecule has 0 radical (unpaired) electrons. The van der Waals surface area contributed by atoms with E-state index in [2.05, 4.69) is 5.32 Å². The lowest BCUT2D eigenvalue weighted by atomic mass is 10.2. The van der Waals surface area contributed by atoms with E-state index in [0.29, 0.717) is 19.6 Å². The van der Waals surface area contributed by atoms with Gasteiger partial charge in [0, 0.05) is 19.8 Å². The van der Waals surface area contributed by atoms with Gasteiger partial charge in [-0.1, -0.05) is 18.2 Å². The summed E-state index contributed by atoms with van der Waals surface area (Å²) in [4.78, 5) is 23.5. The number of benzene rings is 1. The molecule has 0 aliphatic carbocycles. The summed E-state index contributed by atoms with van der Waals surface area (Å²) in [6, 6.07) is 9.12. The average molecular weight is 316 g/mol. The quantitative estimate of drug-likeness (QED) is 0.793. The average Bonchev–Trinajstić information content (AvgIpc) is 2.54. The Morgan fingerprint density at radius 1 is 1.30 bits per heavy atom. The van der Waals surface area contributed by atoms with Gasteiger partial charge in [-0.3, -0.25) is 9.59 Å². The van der Waals surface area contributed by atoms with Crippen molar-refractivity contribution in [2.24, 2.45) is 7.05 Å². The third-order valence-corrected chi connectivity index (χ3v) is 3.45. The first-order valence-corrected chi connectivity index (χ1v) is 7.36. The number of aromatic nitrogens is 1. The second-order valence-corrected chi connectivity index (χ2v) is 5.22. The van der Waals surface area contributed by atoms with E-state index in [1.807, 2.05) is 31.2 Å². The van der Waals surface area contributed by atoms with Gasteiger partial charge in [0.1, 0.15) is 5.75 Å². The van der Waals surface area contributed by atoms with Gasteiger partial charge in [0.05, 0.1) is 12.2 Å². The molecular weight excluding hydrogens is 296 g/mol. The fraction of sp³-hybridized carbons (Fsp3) is 0.294. The standard InChI is InChI=1S/C17H20N2O4/c1-12-6-3-4-7-14(12)23-11-5-9-18-16(21)13-8-10-19(2)17(22)15(13)20/h3-4,6-8,10,20H,5,9,11H2,1-2H3,(H,18,21). The van der Waals surface area contributed by atoms with Crippen LogP contribution < -0.4 is 15.6 Å². The third-order valence-electron chi connectivity index (χ3n) is 3.45. The van der Waals surface area contributed by atoms with Gasteiger partial charge in [0.2, 0.25) is 0 Å². The van der Waals surface area contributed by atoms with Gasteiger partial charge < -0.3 is 19.7 Å². The Morgan fingerprint density at radius 2 is 2.04 bits per heavy atom. The van der Waals surface area contributed by atoms with Gasteiger partial charge >= 0.3 is 0 Å². The molecule has 2 rings (SSSR count). The number of nitrogens with one attached hydrogen (secondary N) is 1. The molecule has 0 aliphatic heterocycles. The number of rotatable bonds is 6. The maximum absolute atomic E-state index is 12.0. The van der Waals surface area contributed by atoms with Crippen LogP contribution in [-0.2, 0) is 7.05 Å². The number of amides is 1. The lowest BCUT2D eigenvalue weighted by molar-refractivity contribution is 0.0948. The number of aryl methyl sites for hydroxylation is 2. The van der Waals surface area contributed by atoms with Gasteiger partial charge in [-0.15, -0.1) is 0 Å². The van der Waals surface area contributed by atoms with Crippen molar-refractivity contribution in [1.29, 1.82) is 0 Å². The minimum absolute atomic E-state index is 0.0204. The highest BCUT2D eigenvalue weighted by atomic mass is 16.5. The smallest absolute Gasteiger partial charge is 0.293 e. The molecule has 2 N–H and O–H groups in total. The van der Waals surface area contributed by atoms with E-state index in [-0.39, 0.29) is 5.56 Å². The van der Waals surface area contributed by atoms with E-state index in [1.165, 1.54) is 23.9 Å². The van der Waals surface area contributed by atoms with Gasteiger partial charge in [0.15, 0.2) is 5.75 Å². The van der Waals surface area contributed by atoms with Crippen molar-refractivity contribution >= 4 is 5.91 Å². The Hall–Kier alpha value is -2.76. The Labute approximate surface area is 134 Å². The van der Waals surface area contributed by atoms with E-state index in [1.54, 1.807) is 0 Å². The molecule has 0 fully saturated rings. The molecule has 0 aliphatic rings. The minimum atomic E-state index is -0.597. The zero-order chi connectivity index (χ0) is 16.8. The van der Waals surface area contributed by atoms with E-state index in [9.17, 15) is 14.7 Å². The first-order chi connectivity index (χ1) is 11.0. The number of pyridine rings is 1. The molecule has 0 saturated heterocycles. The molecule has 0 unspecified atom stereocenters. The van der Waals surface area contributed by atoms with Crippen LogP contribution in [0.15, 0.2) is 41.3 Å². The molecule has 0 spiro atoms. The Kier molecular flexibility index (Phi) is 5.41. The van der Waals surface area contributed by atoms with Crippen molar-refractivity contribution in [1.82, 2.24) is 9.88 Å². The Bertz CT molecular complexity index is 752. The Morgan fingerprint density at radius 3 is 2.78 bits per heavy atom. The number of ether oxygens (including phenoxy) is 1. The molecule has 122 valence electrons. The van der Waals surface area contributed by atoms with Crippen molar-refractivity contribution in [3.8, 4) is 11.5 Å². The van der Waals surface area contributed by atoms with E-state index in [0.717, 1.165) is 11.3 Å². The molecule has 1 aromatic carbocycles. The highest BCUT2D eigenvalue weighted by molar-refractivity contribution is 5.96. The summed E-state index contributed by atoms with van der Waals surface area (Å²) < 4.78 is 6.84. The topological polar surface area (TPSA) is 80.6 Å². The van der Waals surface area contributed by atoms with Gasteiger partial charge in [-0.2, -0.15) is 0 Å². The summed E-state index contributed by atoms with van der Waals surface area (Å²) in [5, 5.41) is 12.4. The summed E-state index contributed by atoms with van der Waals surface area (Å²) in [5.74, 6) is -0.192. The van der Waals surface area contributed by atoms with Crippen LogP contribution in [0.3, 0.4) is 0 Å². The molecule has 1 heterocycles. The number of nitrogens with zero attached hydrogens (tertiary/aromatic N) is 1. The van der Waals surface area contributed by atoms with Crippen LogP contribution in [0, 0.1) is 6.92 Å². The first kappa shape index (κ1) is 16.6. The number of carbonyl (C=O) groups is 1. The molecule has 1 aromatic heterocycles. The maximum Gasteiger partial charge on any atom is 0.293 e. The predicted molar refractivity (Wildman–Crippen MR) is 87.0 cm³/mol. The highest BCUT2D eigenvalue weighted by Gasteiger charge is 2.14. The van der Waals surface area contributed by atoms with Crippen molar-refractivity contribution in [2.45, 2.75) is 13.3 Å². The molecule has 6 nitrogen and oxygen atoms in total. The van der Waals surface area contributed by atoms with Crippen LogP contribution in [0.25, 0.3) is 0 Å². The van der Waals surface area contributed by atoms with Gasteiger partial charge in [-0.25, -0.2) is 0 Å². The number of carbonyl (C=O) groups excluding carboxylic acids is 1. The van der Waals surface area contributed by atoms with Crippen molar-refractivity contribution in [3.63, 3.8) is 0 Å².